The Kier molecular flexibility index (Phi) is 5.86. The van der Waals surface area contributed by atoms with Gasteiger partial charge in [-0.05, 0) is 52.0 Å². The van der Waals surface area contributed by atoms with Crippen LogP contribution in [0, 0.1) is 5.92 Å². The Morgan fingerprint density at radius 2 is 2.09 bits per heavy atom. The summed E-state index contributed by atoms with van der Waals surface area (Å²) >= 11 is 0. The van der Waals surface area contributed by atoms with Crippen LogP contribution in [0.3, 0.4) is 0 Å². The third-order valence-corrected chi connectivity index (χ3v) is 5.47. The van der Waals surface area contributed by atoms with Gasteiger partial charge in [-0.3, -0.25) is 9.69 Å². The van der Waals surface area contributed by atoms with Crippen molar-refractivity contribution in [3.05, 3.63) is 0 Å². The fourth-order valence-electron chi connectivity index (χ4n) is 3.50. The lowest BCUT2D eigenvalue weighted by molar-refractivity contribution is -0.130. The summed E-state index contributed by atoms with van der Waals surface area (Å²) in [6.07, 6.45) is 5.06. The topological polar surface area (TPSA) is 67.6 Å². The summed E-state index contributed by atoms with van der Waals surface area (Å²) in [7, 11) is 0. The maximum Gasteiger partial charge on any atom is 0.240 e. The van der Waals surface area contributed by atoms with Crippen LogP contribution in [0.15, 0.2) is 0 Å². The molecular weight excluding hydrogens is 278 g/mol. The summed E-state index contributed by atoms with van der Waals surface area (Å²) < 4.78 is 5.31. The summed E-state index contributed by atoms with van der Waals surface area (Å²) in [5, 5.41) is 3.10. The van der Waals surface area contributed by atoms with Gasteiger partial charge in [-0.15, -0.1) is 0 Å². The van der Waals surface area contributed by atoms with Crippen molar-refractivity contribution in [2.24, 2.45) is 11.7 Å². The summed E-state index contributed by atoms with van der Waals surface area (Å²) in [5.41, 5.74) is 5.48. The fraction of sp³-hybridized carbons (Fsp3) is 0.941. The van der Waals surface area contributed by atoms with E-state index in [1.165, 1.54) is 19.3 Å². The molecule has 5 heteroatoms. The molecule has 0 aromatic rings. The molecule has 2 heterocycles. The molecule has 1 amide bonds. The number of carbonyl (C=O) groups excluding carboxylic acids is 1. The molecule has 3 N–H and O–H groups in total. The first kappa shape index (κ1) is 17.7. The van der Waals surface area contributed by atoms with Gasteiger partial charge in [-0.1, -0.05) is 13.3 Å². The number of ether oxygens (including phenoxy) is 1. The van der Waals surface area contributed by atoms with Crippen molar-refractivity contribution in [1.82, 2.24) is 10.2 Å². The van der Waals surface area contributed by atoms with Gasteiger partial charge in [0.05, 0.1) is 5.54 Å². The van der Waals surface area contributed by atoms with E-state index in [0.717, 1.165) is 19.0 Å². The summed E-state index contributed by atoms with van der Waals surface area (Å²) in [6, 6.07) is 0. The van der Waals surface area contributed by atoms with Crippen molar-refractivity contribution in [1.29, 1.82) is 0 Å². The largest absolute Gasteiger partial charge is 0.381 e. The first-order valence-electron chi connectivity index (χ1n) is 8.77. The van der Waals surface area contributed by atoms with Crippen LogP contribution in [0.2, 0.25) is 0 Å². The quantitative estimate of drug-likeness (QED) is 0.807. The first-order chi connectivity index (χ1) is 10.4. The lowest BCUT2D eigenvalue weighted by atomic mass is 9.89. The van der Waals surface area contributed by atoms with E-state index in [-0.39, 0.29) is 11.4 Å². The standard InChI is InChI=1S/C17H33N3O2/c1-4-14-6-5-9-20(12-14)16(2,3)13-19-15(21)17(18)7-10-22-11-8-17/h14H,4-13,18H2,1-3H3,(H,19,21). The molecule has 2 fully saturated rings. The predicted molar refractivity (Wildman–Crippen MR) is 88.6 cm³/mol. The Balaban J connectivity index is 1.87. The van der Waals surface area contributed by atoms with Crippen molar-refractivity contribution in [3.8, 4) is 0 Å². The molecular formula is C17H33N3O2. The Hall–Kier alpha value is -0.650. The number of nitrogens with two attached hydrogens (primary N) is 1. The van der Waals surface area contributed by atoms with Crippen LogP contribution in [-0.4, -0.2) is 54.7 Å². The molecule has 0 aromatic carbocycles. The molecule has 2 aliphatic heterocycles. The number of hydrogen-bond acceptors (Lipinski definition) is 4. The monoisotopic (exact) mass is 311 g/mol. The molecule has 0 saturated carbocycles. The Labute approximate surface area is 134 Å². The normalized spacial score (nSPS) is 26.6. The summed E-state index contributed by atoms with van der Waals surface area (Å²) in [5.74, 6) is 0.771. The second-order valence-electron chi connectivity index (χ2n) is 7.63. The lowest BCUT2D eigenvalue weighted by Gasteiger charge is -2.44. The second kappa shape index (κ2) is 7.28. The number of amides is 1. The SMILES string of the molecule is CCC1CCCN(C(C)(C)CNC(=O)C2(N)CCOCC2)C1. The number of carbonyl (C=O) groups is 1. The van der Waals surface area contributed by atoms with Crippen LogP contribution >= 0.6 is 0 Å². The molecule has 0 aromatic heterocycles. The average molecular weight is 311 g/mol. The number of piperidine rings is 1. The Morgan fingerprint density at radius 1 is 1.41 bits per heavy atom. The van der Waals surface area contributed by atoms with Gasteiger partial charge in [0.1, 0.15) is 0 Å². The minimum atomic E-state index is -0.748. The van der Waals surface area contributed by atoms with Crippen LogP contribution in [-0.2, 0) is 9.53 Å². The van der Waals surface area contributed by atoms with Crippen molar-refractivity contribution < 1.29 is 9.53 Å². The van der Waals surface area contributed by atoms with Crippen molar-refractivity contribution >= 4 is 5.91 Å². The predicted octanol–water partition coefficient (Wildman–Crippen LogP) is 1.51. The van der Waals surface area contributed by atoms with E-state index in [4.69, 9.17) is 10.5 Å². The Bertz CT molecular complexity index is 378. The molecule has 0 aliphatic carbocycles. The smallest absolute Gasteiger partial charge is 0.240 e. The van der Waals surface area contributed by atoms with E-state index >= 15 is 0 Å². The van der Waals surface area contributed by atoms with E-state index in [2.05, 4.69) is 31.0 Å². The molecule has 0 bridgehead atoms. The van der Waals surface area contributed by atoms with Crippen LogP contribution in [0.4, 0.5) is 0 Å². The van der Waals surface area contributed by atoms with E-state index in [1.807, 2.05) is 0 Å². The highest BCUT2D eigenvalue weighted by molar-refractivity contribution is 5.86. The molecule has 0 spiro atoms. The van der Waals surface area contributed by atoms with Gasteiger partial charge in [0, 0.05) is 31.8 Å². The van der Waals surface area contributed by atoms with E-state index in [9.17, 15) is 4.79 Å². The lowest BCUT2D eigenvalue weighted by Crippen LogP contribution is -2.61. The van der Waals surface area contributed by atoms with E-state index < -0.39 is 5.54 Å². The maximum absolute atomic E-state index is 12.5. The van der Waals surface area contributed by atoms with Crippen LogP contribution in [0.5, 0.6) is 0 Å². The molecule has 0 radical (unpaired) electrons. The Morgan fingerprint density at radius 3 is 2.73 bits per heavy atom. The van der Waals surface area contributed by atoms with E-state index in [0.29, 0.717) is 32.6 Å². The third-order valence-electron chi connectivity index (χ3n) is 5.47. The van der Waals surface area contributed by atoms with Gasteiger partial charge >= 0.3 is 0 Å². The molecule has 2 aliphatic rings. The second-order valence-corrected chi connectivity index (χ2v) is 7.63. The summed E-state index contributed by atoms with van der Waals surface area (Å²) in [4.78, 5) is 15.0. The fourth-order valence-corrected chi connectivity index (χ4v) is 3.50. The zero-order valence-corrected chi connectivity index (χ0v) is 14.5. The zero-order chi connectivity index (χ0) is 16.2. The van der Waals surface area contributed by atoms with E-state index in [1.54, 1.807) is 0 Å². The highest BCUT2D eigenvalue weighted by atomic mass is 16.5. The van der Waals surface area contributed by atoms with Crippen molar-refractivity contribution in [2.75, 3.05) is 32.8 Å². The number of hydrogen-bond donors (Lipinski definition) is 2. The molecule has 2 rings (SSSR count). The van der Waals surface area contributed by atoms with Gasteiger partial charge in [-0.2, -0.15) is 0 Å². The van der Waals surface area contributed by atoms with Gasteiger partial charge in [0.2, 0.25) is 5.91 Å². The first-order valence-corrected chi connectivity index (χ1v) is 8.77. The van der Waals surface area contributed by atoms with Gasteiger partial charge in [0.25, 0.3) is 0 Å². The number of nitrogens with zero attached hydrogens (tertiary/aromatic N) is 1. The number of nitrogens with one attached hydrogen (secondary N) is 1. The average Bonchev–Trinajstić information content (AvgIpc) is 2.53. The third kappa shape index (κ3) is 4.21. The van der Waals surface area contributed by atoms with Crippen LogP contribution in [0.1, 0.15) is 52.9 Å². The van der Waals surface area contributed by atoms with Gasteiger partial charge in [-0.25, -0.2) is 0 Å². The van der Waals surface area contributed by atoms with Crippen molar-refractivity contribution in [2.45, 2.75) is 64.0 Å². The van der Waals surface area contributed by atoms with Crippen LogP contribution in [0.25, 0.3) is 0 Å². The van der Waals surface area contributed by atoms with Gasteiger partial charge < -0.3 is 15.8 Å². The van der Waals surface area contributed by atoms with Gasteiger partial charge in [0.15, 0.2) is 0 Å². The molecule has 2 saturated heterocycles. The maximum atomic E-state index is 12.5. The molecule has 128 valence electrons. The minimum Gasteiger partial charge on any atom is -0.381 e. The minimum absolute atomic E-state index is 0.0204. The number of rotatable bonds is 5. The van der Waals surface area contributed by atoms with Crippen molar-refractivity contribution in [3.63, 3.8) is 0 Å². The highest BCUT2D eigenvalue weighted by Crippen LogP contribution is 2.26. The molecule has 1 unspecified atom stereocenters. The number of likely N-dealkylation sites (tertiary alicyclic amines) is 1. The van der Waals surface area contributed by atoms with Crippen LogP contribution < -0.4 is 11.1 Å². The molecule has 5 nitrogen and oxygen atoms in total. The molecule has 1 atom stereocenters. The summed E-state index contributed by atoms with van der Waals surface area (Å²) in [6.45, 7) is 10.8. The zero-order valence-electron chi connectivity index (χ0n) is 14.5. The molecule has 22 heavy (non-hydrogen) atoms. The highest BCUT2D eigenvalue weighted by Gasteiger charge is 2.37.